The van der Waals surface area contributed by atoms with Crippen molar-refractivity contribution in [3.8, 4) is 0 Å². The van der Waals surface area contributed by atoms with Gasteiger partial charge < -0.3 is 4.74 Å². The van der Waals surface area contributed by atoms with Crippen LogP contribution in [0.4, 0.5) is 0 Å². The maximum Gasteiger partial charge on any atom is 0.324 e. The van der Waals surface area contributed by atoms with Crippen LogP contribution in [0.2, 0.25) is 0 Å². The van der Waals surface area contributed by atoms with E-state index in [1.807, 2.05) is 54.6 Å². The van der Waals surface area contributed by atoms with E-state index in [0.29, 0.717) is 5.56 Å². The molecule has 1 atom stereocenters. The molecule has 2 aromatic rings. The summed E-state index contributed by atoms with van der Waals surface area (Å²) in [5, 5.41) is 0. The molecule has 2 aromatic carbocycles. The van der Waals surface area contributed by atoms with Crippen LogP contribution in [0.5, 0.6) is 0 Å². The highest BCUT2D eigenvalue weighted by Gasteiger charge is 2.50. The van der Waals surface area contributed by atoms with E-state index in [2.05, 4.69) is 6.58 Å². The van der Waals surface area contributed by atoms with Crippen LogP contribution in [0.25, 0.3) is 11.6 Å². The Labute approximate surface area is 141 Å². The largest absolute Gasteiger partial charge is 0.468 e. The standard InChI is InChI=1S/C21H18O3/c1-15(16-8-4-3-5-9-16)14-21(20(23)24-2)18-11-7-6-10-17(18)12-13-19(21)22/h3-13H,1,14H2,2H3. The third kappa shape index (κ3) is 2.48. The van der Waals surface area contributed by atoms with Crippen molar-refractivity contribution in [3.63, 3.8) is 0 Å². The second-order valence-corrected chi connectivity index (χ2v) is 5.83. The Morgan fingerprint density at radius 2 is 1.71 bits per heavy atom. The number of methoxy groups -OCH3 is 1. The first-order valence-electron chi connectivity index (χ1n) is 7.73. The van der Waals surface area contributed by atoms with Crippen LogP contribution in [0, 0.1) is 0 Å². The number of allylic oxidation sites excluding steroid dienone is 2. The van der Waals surface area contributed by atoms with Crippen LogP contribution in [-0.2, 0) is 19.7 Å². The van der Waals surface area contributed by atoms with Gasteiger partial charge >= 0.3 is 5.97 Å². The van der Waals surface area contributed by atoms with Crippen LogP contribution < -0.4 is 0 Å². The molecule has 0 N–H and O–H groups in total. The van der Waals surface area contributed by atoms with E-state index in [4.69, 9.17) is 4.74 Å². The van der Waals surface area contributed by atoms with Crippen LogP contribution in [0.3, 0.4) is 0 Å². The van der Waals surface area contributed by atoms with Crippen molar-refractivity contribution < 1.29 is 14.3 Å². The second-order valence-electron chi connectivity index (χ2n) is 5.83. The maximum absolute atomic E-state index is 12.8. The van der Waals surface area contributed by atoms with Crippen LogP contribution in [0.15, 0.2) is 67.3 Å². The van der Waals surface area contributed by atoms with Crippen molar-refractivity contribution >= 4 is 23.4 Å². The van der Waals surface area contributed by atoms with Crippen molar-refractivity contribution in [2.45, 2.75) is 11.8 Å². The molecule has 0 amide bonds. The van der Waals surface area contributed by atoms with E-state index < -0.39 is 11.4 Å². The predicted molar refractivity (Wildman–Crippen MR) is 94.3 cm³/mol. The average Bonchev–Trinajstić information content (AvgIpc) is 2.64. The molecule has 24 heavy (non-hydrogen) atoms. The molecular weight excluding hydrogens is 300 g/mol. The first kappa shape index (κ1) is 15.9. The zero-order valence-corrected chi connectivity index (χ0v) is 13.5. The van der Waals surface area contributed by atoms with E-state index in [1.165, 1.54) is 13.2 Å². The highest BCUT2D eigenvalue weighted by molar-refractivity contribution is 6.19. The lowest BCUT2D eigenvalue weighted by Crippen LogP contribution is -2.45. The number of benzene rings is 2. The number of carbonyl (C=O) groups is 2. The molecule has 3 heteroatoms. The zero-order chi connectivity index (χ0) is 17.2. The molecule has 3 rings (SSSR count). The average molecular weight is 318 g/mol. The predicted octanol–water partition coefficient (Wildman–Crippen LogP) is 3.80. The molecule has 1 aliphatic rings. The third-order valence-corrected chi connectivity index (χ3v) is 4.45. The summed E-state index contributed by atoms with van der Waals surface area (Å²) in [6.45, 7) is 4.10. The van der Waals surface area contributed by atoms with E-state index >= 15 is 0 Å². The quantitative estimate of drug-likeness (QED) is 0.636. The molecule has 0 heterocycles. The summed E-state index contributed by atoms with van der Waals surface area (Å²) in [7, 11) is 1.31. The second kappa shape index (κ2) is 6.28. The Morgan fingerprint density at radius 1 is 1.04 bits per heavy atom. The summed E-state index contributed by atoms with van der Waals surface area (Å²) in [5.41, 5.74) is 1.76. The van der Waals surface area contributed by atoms with E-state index in [1.54, 1.807) is 6.08 Å². The Balaban J connectivity index is 2.12. The summed E-state index contributed by atoms with van der Waals surface area (Å²) < 4.78 is 5.02. The van der Waals surface area contributed by atoms with Crippen molar-refractivity contribution in [1.29, 1.82) is 0 Å². The minimum atomic E-state index is -1.38. The molecule has 1 unspecified atom stereocenters. The Bertz CT molecular complexity index is 833. The highest BCUT2D eigenvalue weighted by Crippen LogP contribution is 2.41. The fourth-order valence-corrected chi connectivity index (χ4v) is 3.21. The zero-order valence-electron chi connectivity index (χ0n) is 13.5. The molecule has 0 aliphatic heterocycles. The fourth-order valence-electron chi connectivity index (χ4n) is 3.21. The lowest BCUT2D eigenvalue weighted by molar-refractivity contribution is -0.150. The summed E-state index contributed by atoms with van der Waals surface area (Å²) in [6.07, 6.45) is 3.38. The maximum atomic E-state index is 12.8. The first-order valence-corrected chi connectivity index (χ1v) is 7.73. The summed E-state index contributed by atoms with van der Waals surface area (Å²) in [4.78, 5) is 25.5. The summed E-state index contributed by atoms with van der Waals surface area (Å²) >= 11 is 0. The van der Waals surface area contributed by atoms with Gasteiger partial charge in [-0.15, -0.1) is 0 Å². The van der Waals surface area contributed by atoms with Gasteiger partial charge in [-0.1, -0.05) is 67.3 Å². The van der Waals surface area contributed by atoms with Crippen LogP contribution in [-0.4, -0.2) is 18.9 Å². The third-order valence-electron chi connectivity index (χ3n) is 4.45. The van der Waals surface area contributed by atoms with Crippen molar-refractivity contribution in [2.24, 2.45) is 0 Å². The number of carbonyl (C=O) groups excluding carboxylic acids is 2. The number of rotatable bonds is 4. The Hall–Kier alpha value is -2.94. The molecule has 0 fully saturated rings. The minimum Gasteiger partial charge on any atom is -0.468 e. The van der Waals surface area contributed by atoms with Crippen LogP contribution in [0.1, 0.15) is 23.1 Å². The lowest BCUT2D eigenvalue weighted by atomic mass is 9.67. The van der Waals surface area contributed by atoms with Gasteiger partial charge in [-0.05, 0) is 28.3 Å². The van der Waals surface area contributed by atoms with Gasteiger partial charge in [-0.2, -0.15) is 0 Å². The molecule has 0 spiro atoms. The molecule has 3 nitrogen and oxygen atoms in total. The van der Waals surface area contributed by atoms with Crippen molar-refractivity contribution in [1.82, 2.24) is 0 Å². The van der Waals surface area contributed by atoms with Crippen molar-refractivity contribution in [3.05, 3.63) is 83.9 Å². The van der Waals surface area contributed by atoms with E-state index in [0.717, 1.165) is 16.7 Å². The molecule has 120 valence electrons. The van der Waals surface area contributed by atoms with Gasteiger partial charge in [-0.25, -0.2) is 0 Å². The van der Waals surface area contributed by atoms with Crippen molar-refractivity contribution in [2.75, 3.05) is 7.11 Å². The SMILES string of the molecule is C=C(CC1(C(=O)OC)C(=O)C=Cc2ccccc21)c1ccccc1. The number of hydrogen-bond donors (Lipinski definition) is 0. The van der Waals surface area contributed by atoms with Gasteiger partial charge in [0.2, 0.25) is 0 Å². The summed E-state index contributed by atoms with van der Waals surface area (Å²) in [5.74, 6) is -0.827. The first-order chi connectivity index (χ1) is 11.6. The minimum absolute atomic E-state index is 0.184. The van der Waals surface area contributed by atoms with Gasteiger partial charge in [0.25, 0.3) is 0 Å². The molecular formula is C21H18O3. The topological polar surface area (TPSA) is 43.4 Å². The van der Waals surface area contributed by atoms with Gasteiger partial charge in [0.15, 0.2) is 11.2 Å². The molecule has 0 saturated heterocycles. The molecule has 0 bridgehead atoms. The lowest BCUT2D eigenvalue weighted by Gasteiger charge is -2.33. The highest BCUT2D eigenvalue weighted by atomic mass is 16.5. The van der Waals surface area contributed by atoms with Crippen LogP contribution >= 0.6 is 0 Å². The number of ether oxygens (including phenoxy) is 1. The van der Waals surface area contributed by atoms with Gasteiger partial charge in [-0.3, -0.25) is 9.59 Å². The Morgan fingerprint density at radius 3 is 2.42 bits per heavy atom. The van der Waals surface area contributed by atoms with Gasteiger partial charge in [0.05, 0.1) is 7.11 Å². The summed E-state index contributed by atoms with van der Waals surface area (Å²) in [6, 6.07) is 17.0. The number of fused-ring (bicyclic) bond motifs is 1. The fraction of sp³-hybridized carbons (Fsp3) is 0.143. The smallest absolute Gasteiger partial charge is 0.324 e. The van der Waals surface area contributed by atoms with E-state index in [-0.39, 0.29) is 12.2 Å². The number of ketones is 1. The van der Waals surface area contributed by atoms with E-state index in [9.17, 15) is 9.59 Å². The molecule has 1 aliphatic carbocycles. The molecule has 0 saturated carbocycles. The Kier molecular flexibility index (Phi) is 4.17. The molecule has 0 radical (unpaired) electrons. The van der Waals surface area contributed by atoms with Gasteiger partial charge in [0, 0.05) is 6.42 Å². The number of hydrogen-bond acceptors (Lipinski definition) is 3. The number of esters is 1. The molecule has 0 aromatic heterocycles. The monoisotopic (exact) mass is 318 g/mol. The normalized spacial score (nSPS) is 18.8. The van der Waals surface area contributed by atoms with Gasteiger partial charge in [0.1, 0.15) is 0 Å².